The minimum absolute atomic E-state index is 0.150. The van der Waals surface area contributed by atoms with Gasteiger partial charge < -0.3 is 5.32 Å². The average Bonchev–Trinajstić information content (AvgIpc) is 2.79. The minimum atomic E-state index is -0.173. The molecule has 0 aliphatic heterocycles. The van der Waals surface area contributed by atoms with Gasteiger partial charge in [0.15, 0.2) is 0 Å². The van der Waals surface area contributed by atoms with Gasteiger partial charge in [-0.2, -0.15) is 11.3 Å². The van der Waals surface area contributed by atoms with Crippen molar-refractivity contribution in [3.05, 3.63) is 45.4 Å². The van der Waals surface area contributed by atoms with Crippen molar-refractivity contribution in [3.8, 4) is 0 Å². The summed E-state index contributed by atoms with van der Waals surface area (Å²) in [4.78, 5) is 16.4. The molecule has 1 amide bonds. The summed E-state index contributed by atoms with van der Waals surface area (Å²) in [6.45, 7) is 6.10. The Balaban J connectivity index is 2.29. The average molecular weight is 295 g/mol. The Bertz CT molecular complexity index is 588. The van der Waals surface area contributed by atoms with Crippen LogP contribution in [0.2, 0.25) is 5.15 Å². The van der Waals surface area contributed by atoms with Crippen LogP contribution < -0.4 is 5.32 Å². The number of anilines is 1. The van der Waals surface area contributed by atoms with Gasteiger partial charge in [0.25, 0.3) is 5.91 Å². The standard InChI is InChI=1S/C14H15ClN2OS/c1-14(2,3)11-6-9(7-12(15)17-11)13(18)16-10-4-5-19-8-10/h4-8H,1-3H3,(H,16,18). The maximum Gasteiger partial charge on any atom is 0.255 e. The third kappa shape index (κ3) is 3.55. The highest BCUT2D eigenvalue weighted by Gasteiger charge is 2.19. The van der Waals surface area contributed by atoms with Gasteiger partial charge in [0, 0.05) is 22.1 Å². The van der Waals surface area contributed by atoms with Gasteiger partial charge in [-0.05, 0) is 23.6 Å². The molecule has 1 N–H and O–H groups in total. The van der Waals surface area contributed by atoms with E-state index in [-0.39, 0.29) is 11.3 Å². The third-order valence-electron chi connectivity index (χ3n) is 2.60. The van der Waals surface area contributed by atoms with Crippen LogP contribution in [-0.2, 0) is 5.41 Å². The maximum atomic E-state index is 12.2. The molecule has 2 heterocycles. The molecule has 2 aromatic rings. The Morgan fingerprint density at radius 2 is 2.11 bits per heavy atom. The molecular weight excluding hydrogens is 280 g/mol. The van der Waals surface area contributed by atoms with E-state index in [1.807, 2.05) is 37.6 Å². The lowest BCUT2D eigenvalue weighted by Gasteiger charge is -2.18. The number of hydrogen-bond donors (Lipinski definition) is 1. The highest BCUT2D eigenvalue weighted by Crippen LogP contribution is 2.24. The van der Waals surface area contributed by atoms with Gasteiger partial charge in [0.2, 0.25) is 0 Å². The Morgan fingerprint density at radius 1 is 1.37 bits per heavy atom. The van der Waals surface area contributed by atoms with Crippen LogP contribution in [0.5, 0.6) is 0 Å². The van der Waals surface area contributed by atoms with E-state index in [0.717, 1.165) is 11.4 Å². The number of nitrogens with one attached hydrogen (secondary N) is 1. The molecule has 0 atom stereocenters. The summed E-state index contributed by atoms with van der Waals surface area (Å²) in [5, 5.41) is 6.96. The van der Waals surface area contributed by atoms with Crippen molar-refractivity contribution in [2.45, 2.75) is 26.2 Å². The fourth-order valence-corrected chi connectivity index (χ4v) is 2.35. The molecule has 5 heteroatoms. The van der Waals surface area contributed by atoms with Crippen LogP contribution in [-0.4, -0.2) is 10.9 Å². The summed E-state index contributed by atoms with van der Waals surface area (Å²) in [5.74, 6) is -0.173. The lowest BCUT2D eigenvalue weighted by molar-refractivity contribution is 0.102. The monoisotopic (exact) mass is 294 g/mol. The number of nitrogens with zero attached hydrogens (tertiary/aromatic N) is 1. The zero-order valence-electron chi connectivity index (χ0n) is 11.0. The molecule has 0 radical (unpaired) electrons. The van der Waals surface area contributed by atoms with Crippen LogP contribution in [0, 0.1) is 0 Å². The molecule has 0 saturated heterocycles. The maximum absolute atomic E-state index is 12.2. The first-order valence-corrected chi connectivity index (χ1v) is 7.20. The Hall–Kier alpha value is -1.39. The normalized spacial score (nSPS) is 11.4. The van der Waals surface area contributed by atoms with Gasteiger partial charge in [-0.3, -0.25) is 4.79 Å². The molecule has 0 bridgehead atoms. The Morgan fingerprint density at radius 3 is 2.68 bits per heavy atom. The summed E-state index contributed by atoms with van der Waals surface area (Å²) in [6.07, 6.45) is 0. The molecule has 2 aromatic heterocycles. The van der Waals surface area contributed by atoms with Crippen molar-refractivity contribution >= 4 is 34.5 Å². The molecule has 0 unspecified atom stereocenters. The van der Waals surface area contributed by atoms with Gasteiger partial charge in [0.1, 0.15) is 5.15 Å². The lowest BCUT2D eigenvalue weighted by Crippen LogP contribution is -2.17. The molecule has 0 aromatic carbocycles. The molecule has 0 aliphatic carbocycles. The quantitative estimate of drug-likeness (QED) is 0.837. The van der Waals surface area contributed by atoms with Gasteiger partial charge in [0.05, 0.1) is 5.69 Å². The van der Waals surface area contributed by atoms with Crippen molar-refractivity contribution in [3.63, 3.8) is 0 Å². The van der Waals surface area contributed by atoms with Crippen molar-refractivity contribution in [2.75, 3.05) is 5.32 Å². The summed E-state index contributed by atoms with van der Waals surface area (Å²) in [7, 11) is 0. The number of carbonyl (C=O) groups is 1. The van der Waals surface area contributed by atoms with Crippen LogP contribution in [0.15, 0.2) is 29.0 Å². The molecule has 3 nitrogen and oxygen atoms in total. The van der Waals surface area contributed by atoms with Crippen molar-refractivity contribution < 1.29 is 4.79 Å². The molecule has 19 heavy (non-hydrogen) atoms. The first-order chi connectivity index (χ1) is 8.86. The van der Waals surface area contributed by atoms with E-state index in [9.17, 15) is 4.79 Å². The molecule has 100 valence electrons. The zero-order chi connectivity index (χ0) is 14.0. The van der Waals surface area contributed by atoms with Crippen molar-refractivity contribution in [1.82, 2.24) is 4.98 Å². The number of rotatable bonds is 2. The van der Waals surface area contributed by atoms with Crippen molar-refractivity contribution in [2.24, 2.45) is 0 Å². The minimum Gasteiger partial charge on any atom is -0.321 e. The third-order valence-corrected chi connectivity index (χ3v) is 3.48. The summed E-state index contributed by atoms with van der Waals surface area (Å²) in [6, 6.07) is 5.22. The predicted octanol–water partition coefficient (Wildman–Crippen LogP) is 4.35. The van der Waals surface area contributed by atoms with E-state index in [2.05, 4.69) is 10.3 Å². The summed E-state index contributed by atoms with van der Waals surface area (Å²) >= 11 is 7.53. The number of aromatic nitrogens is 1. The van der Waals surface area contributed by atoms with E-state index < -0.39 is 0 Å². The van der Waals surface area contributed by atoms with Crippen LogP contribution in [0.25, 0.3) is 0 Å². The SMILES string of the molecule is CC(C)(C)c1cc(C(=O)Nc2ccsc2)cc(Cl)n1. The lowest BCUT2D eigenvalue weighted by atomic mass is 9.91. The molecule has 2 rings (SSSR count). The fourth-order valence-electron chi connectivity index (χ4n) is 1.55. The number of hydrogen-bond acceptors (Lipinski definition) is 3. The molecule has 0 aliphatic rings. The van der Waals surface area contributed by atoms with Crippen molar-refractivity contribution in [1.29, 1.82) is 0 Å². The summed E-state index contributed by atoms with van der Waals surface area (Å²) < 4.78 is 0. The number of halogens is 1. The van der Waals surface area contributed by atoms with Gasteiger partial charge in [-0.1, -0.05) is 32.4 Å². The molecular formula is C14H15ClN2OS. The largest absolute Gasteiger partial charge is 0.321 e. The number of amides is 1. The van der Waals surface area contributed by atoms with Gasteiger partial charge >= 0.3 is 0 Å². The first-order valence-electron chi connectivity index (χ1n) is 5.88. The van der Waals surface area contributed by atoms with Crippen LogP contribution in [0.3, 0.4) is 0 Å². The van der Waals surface area contributed by atoms with E-state index in [1.165, 1.54) is 11.3 Å². The molecule has 0 fully saturated rings. The Labute approximate surface area is 121 Å². The Kier molecular flexibility index (Phi) is 3.92. The number of pyridine rings is 1. The smallest absolute Gasteiger partial charge is 0.255 e. The second kappa shape index (κ2) is 5.31. The highest BCUT2D eigenvalue weighted by molar-refractivity contribution is 7.08. The van der Waals surface area contributed by atoms with Gasteiger partial charge in [-0.15, -0.1) is 0 Å². The van der Waals surface area contributed by atoms with Crippen LogP contribution in [0.4, 0.5) is 5.69 Å². The van der Waals surface area contributed by atoms with Gasteiger partial charge in [-0.25, -0.2) is 4.98 Å². The highest BCUT2D eigenvalue weighted by atomic mass is 35.5. The zero-order valence-corrected chi connectivity index (χ0v) is 12.6. The van der Waals surface area contributed by atoms with Crippen LogP contribution >= 0.6 is 22.9 Å². The predicted molar refractivity (Wildman–Crippen MR) is 80.2 cm³/mol. The molecule has 0 spiro atoms. The number of carbonyl (C=O) groups excluding carboxylic acids is 1. The van der Waals surface area contributed by atoms with E-state index in [4.69, 9.17) is 11.6 Å². The van der Waals surface area contributed by atoms with Crippen LogP contribution in [0.1, 0.15) is 36.8 Å². The van der Waals surface area contributed by atoms with E-state index >= 15 is 0 Å². The number of thiophene rings is 1. The molecule has 0 saturated carbocycles. The second-order valence-corrected chi connectivity index (χ2v) is 6.45. The second-order valence-electron chi connectivity index (χ2n) is 5.28. The first kappa shape index (κ1) is 14.0. The van der Waals surface area contributed by atoms with E-state index in [0.29, 0.717) is 10.7 Å². The van der Waals surface area contributed by atoms with E-state index in [1.54, 1.807) is 12.1 Å². The topological polar surface area (TPSA) is 42.0 Å². The summed E-state index contributed by atoms with van der Waals surface area (Å²) in [5.41, 5.74) is 1.97. The fraction of sp³-hybridized carbons (Fsp3) is 0.286.